The van der Waals surface area contributed by atoms with Crippen molar-refractivity contribution >= 4 is 68.1 Å². The van der Waals surface area contributed by atoms with Gasteiger partial charge in [-0.15, -0.1) is 0 Å². The van der Waals surface area contributed by atoms with E-state index in [-0.39, 0.29) is 37.6 Å². The molecule has 11 heteroatoms. The number of fused-ring (bicyclic) bond motifs is 1. The summed E-state index contributed by atoms with van der Waals surface area (Å²) in [5.41, 5.74) is 2.00. The fourth-order valence-corrected chi connectivity index (χ4v) is 6.33. The van der Waals surface area contributed by atoms with E-state index < -0.39 is 21.9 Å². The summed E-state index contributed by atoms with van der Waals surface area (Å²) >= 11 is 18.2. The number of carbonyl (C=O) groups is 2. The molecular weight excluding hydrogens is 535 g/mol. The second-order valence-corrected chi connectivity index (χ2v) is 10.9. The molecule has 0 aromatic heterocycles. The lowest BCUT2D eigenvalue weighted by Gasteiger charge is -2.31. The van der Waals surface area contributed by atoms with E-state index in [1.54, 1.807) is 12.1 Å². The van der Waals surface area contributed by atoms with Crippen molar-refractivity contribution in [2.75, 3.05) is 23.3 Å². The first-order chi connectivity index (χ1) is 16.6. The van der Waals surface area contributed by atoms with Gasteiger partial charge in [0, 0.05) is 27.8 Å². The van der Waals surface area contributed by atoms with Crippen LogP contribution in [0.25, 0.3) is 0 Å². The van der Waals surface area contributed by atoms with Gasteiger partial charge in [-0.05, 0) is 66.9 Å². The highest BCUT2D eigenvalue weighted by Gasteiger charge is 2.30. The lowest BCUT2D eigenvalue weighted by molar-refractivity contribution is 0.0601. The molecule has 182 valence electrons. The molecule has 1 heterocycles. The molecule has 0 bridgehead atoms. The molecule has 0 unspecified atom stereocenters. The average Bonchev–Trinajstić information content (AvgIpc) is 2.82. The van der Waals surface area contributed by atoms with Crippen molar-refractivity contribution in [3.63, 3.8) is 0 Å². The Hall–Kier alpha value is -2.78. The Balaban J connectivity index is 1.64. The fourth-order valence-electron chi connectivity index (χ4n) is 3.81. The van der Waals surface area contributed by atoms with Crippen LogP contribution in [0.1, 0.15) is 32.7 Å². The number of hydrogen-bond donors (Lipinski definition) is 1. The largest absolute Gasteiger partial charge is 0.465 e. The molecule has 1 aliphatic heterocycles. The van der Waals surface area contributed by atoms with Crippen LogP contribution in [-0.4, -0.2) is 33.9 Å². The zero-order valence-corrected chi connectivity index (χ0v) is 21.4. The maximum Gasteiger partial charge on any atom is 0.339 e. The zero-order chi connectivity index (χ0) is 25.3. The Morgan fingerprint density at radius 2 is 1.69 bits per heavy atom. The monoisotopic (exact) mass is 552 g/mol. The maximum absolute atomic E-state index is 13.4. The lowest BCUT2D eigenvalue weighted by Crippen LogP contribution is -2.35. The SMILES string of the molecule is COC(=O)c1ccc(NC(=O)c2ccc3c(c2)N(S(=O)(=O)c2cc(Cl)cc(Cl)c2)CCC3)cc1Cl. The van der Waals surface area contributed by atoms with E-state index in [9.17, 15) is 18.0 Å². The summed E-state index contributed by atoms with van der Waals surface area (Å²) in [6.45, 7) is 0.245. The first kappa shape index (κ1) is 25.3. The van der Waals surface area contributed by atoms with Gasteiger partial charge in [0.1, 0.15) is 0 Å². The van der Waals surface area contributed by atoms with Gasteiger partial charge < -0.3 is 10.1 Å². The third kappa shape index (κ3) is 5.26. The predicted molar refractivity (Wildman–Crippen MR) is 137 cm³/mol. The van der Waals surface area contributed by atoms with Crippen molar-refractivity contribution in [2.24, 2.45) is 0 Å². The fraction of sp³-hybridized carbons (Fsp3) is 0.167. The third-order valence-corrected chi connectivity index (χ3v) is 8.02. The van der Waals surface area contributed by atoms with E-state index in [1.165, 1.54) is 53.9 Å². The van der Waals surface area contributed by atoms with Crippen molar-refractivity contribution < 1.29 is 22.7 Å². The van der Waals surface area contributed by atoms with Gasteiger partial charge >= 0.3 is 5.97 Å². The molecule has 0 spiro atoms. The van der Waals surface area contributed by atoms with E-state index in [0.29, 0.717) is 24.2 Å². The first-order valence-electron chi connectivity index (χ1n) is 10.4. The van der Waals surface area contributed by atoms with E-state index >= 15 is 0 Å². The number of aryl methyl sites for hydroxylation is 1. The zero-order valence-electron chi connectivity index (χ0n) is 18.3. The number of esters is 1. The van der Waals surface area contributed by atoms with Crippen LogP contribution in [0.3, 0.4) is 0 Å². The molecule has 35 heavy (non-hydrogen) atoms. The van der Waals surface area contributed by atoms with Crippen LogP contribution >= 0.6 is 34.8 Å². The van der Waals surface area contributed by atoms with Gasteiger partial charge in [0.05, 0.1) is 28.3 Å². The van der Waals surface area contributed by atoms with Crippen LogP contribution < -0.4 is 9.62 Å². The number of carbonyl (C=O) groups excluding carboxylic acids is 2. The summed E-state index contributed by atoms with van der Waals surface area (Å²) in [4.78, 5) is 24.6. The van der Waals surface area contributed by atoms with Crippen LogP contribution in [-0.2, 0) is 21.2 Å². The number of hydrogen-bond acceptors (Lipinski definition) is 5. The van der Waals surface area contributed by atoms with Crippen LogP contribution in [0.2, 0.25) is 15.1 Å². The minimum atomic E-state index is -3.97. The molecule has 1 amide bonds. The van der Waals surface area contributed by atoms with Crippen LogP contribution in [0.15, 0.2) is 59.5 Å². The summed E-state index contributed by atoms with van der Waals surface area (Å²) < 4.78 is 32.8. The van der Waals surface area contributed by atoms with Gasteiger partial charge in [0.2, 0.25) is 0 Å². The Bertz CT molecular complexity index is 1420. The average molecular weight is 554 g/mol. The number of amides is 1. The summed E-state index contributed by atoms with van der Waals surface area (Å²) in [6.07, 6.45) is 1.29. The molecule has 7 nitrogen and oxygen atoms in total. The molecular formula is C24H19Cl3N2O5S. The van der Waals surface area contributed by atoms with Crippen molar-refractivity contribution in [1.29, 1.82) is 0 Å². The highest BCUT2D eigenvalue weighted by molar-refractivity contribution is 7.92. The van der Waals surface area contributed by atoms with Gasteiger partial charge in [-0.3, -0.25) is 9.10 Å². The molecule has 0 saturated heterocycles. The molecule has 0 radical (unpaired) electrons. The van der Waals surface area contributed by atoms with Gasteiger partial charge in [-0.1, -0.05) is 40.9 Å². The minimum Gasteiger partial charge on any atom is -0.465 e. The topological polar surface area (TPSA) is 92.8 Å². The number of sulfonamides is 1. The quantitative estimate of drug-likeness (QED) is 0.402. The smallest absolute Gasteiger partial charge is 0.339 e. The Morgan fingerprint density at radius 3 is 2.34 bits per heavy atom. The van der Waals surface area contributed by atoms with E-state index in [0.717, 1.165) is 5.56 Å². The number of methoxy groups -OCH3 is 1. The van der Waals surface area contributed by atoms with Gasteiger partial charge in [-0.2, -0.15) is 0 Å². The number of nitrogens with zero attached hydrogens (tertiary/aromatic N) is 1. The molecule has 3 aromatic carbocycles. The molecule has 3 aromatic rings. The summed E-state index contributed by atoms with van der Waals surface area (Å²) in [5.74, 6) is -1.06. The number of ether oxygens (including phenoxy) is 1. The summed E-state index contributed by atoms with van der Waals surface area (Å²) in [6, 6.07) is 13.5. The van der Waals surface area contributed by atoms with Crippen molar-refractivity contribution in [1.82, 2.24) is 0 Å². The lowest BCUT2D eigenvalue weighted by atomic mass is 10.0. The molecule has 1 N–H and O–H groups in total. The van der Waals surface area contributed by atoms with E-state index in [4.69, 9.17) is 34.8 Å². The van der Waals surface area contributed by atoms with Crippen LogP contribution in [0.4, 0.5) is 11.4 Å². The molecule has 1 aliphatic rings. The van der Waals surface area contributed by atoms with Gasteiger partial charge in [0.15, 0.2) is 0 Å². The molecule has 0 saturated carbocycles. The number of nitrogens with one attached hydrogen (secondary N) is 1. The Morgan fingerprint density at radius 1 is 0.971 bits per heavy atom. The van der Waals surface area contributed by atoms with E-state index in [2.05, 4.69) is 10.1 Å². The molecule has 4 rings (SSSR count). The number of benzene rings is 3. The highest BCUT2D eigenvalue weighted by Crippen LogP contribution is 2.34. The van der Waals surface area contributed by atoms with Crippen molar-refractivity contribution in [2.45, 2.75) is 17.7 Å². The molecule has 0 aliphatic carbocycles. The Labute approximate surface area is 217 Å². The van der Waals surface area contributed by atoms with Crippen LogP contribution in [0, 0.1) is 0 Å². The highest BCUT2D eigenvalue weighted by atomic mass is 35.5. The van der Waals surface area contributed by atoms with Crippen molar-refractivity contribution in [3.8, 4) is 0 Å². The third-order valence-electron chi connectivity index (χ3n) is 5.48. The number of rotatable bonds is 5. The second-order valence-electron chi connectivity index (χ2n) is 7.77. The van der Waals surface area contributed by atoms with Crippen molar-refractivity contribution in [3.05, 3.63) is 86.4 Å². The normalized spacial score (nSPS) is 13.2. The van der Waals surface area contributed by atoms with Gasteiger partial charge in [-0.25, -0.2) is 13.2 Å². The summed E-state index contributed by atoms with van der Waals surface area (Å²) in [5, 5.41) is 3.25. The standard InChI is InChI=1S/C24H19Cl3N2O5S/c1-34-24(31)20-7-6-18(13-21(20)27)28-23(30)15-5-4-14-3-2-8-29(22(14)9-15)35(32,33)19-11-16(25)10-17(26)12-19/h4-7,9-13H,2-3,8H2,1H3,(H,28,30). The predicted octanol–water partition coefficient (Wildman–Crippen LogP) is 5.83. The number of anilines is 2. The van der Waals surface area contributed by atoms with Gasteiger partial charge in [0.25, 0.3) is 15.9 Å². The molecule has 0 fully saturated rings. The summed E-state index contributed by atoms with van der Waals surface area (Å²) in [7, 11) is -2.73. The van der Waals surface area contributed by atoms with Crippen LogP contribution in [0.5, 0.6) is 0 Å². The first-order valence-corrected chi connectivity index (χ1v) is 13.0. The minimum absolute atomic E-state index is 0.0296. The maximum atomic E-state index is 13.4. The second kappa shape index (κ2) is 10.1. The number of halogens is 3. The molecule has 0 atom stereocenters. The van der Waals surface area contributed by atoms with E-state index in [1.807, 2.05) is 0 Å². The Kier molecular flexibility index (Phi) is 7.28.